The average molecular weight is 455 g/mol. The van der Waals surface area contributed by atoms with Gasteiger partial charge in [-0.05, 0) is 31.4 Å². The summed E-state index contributed by atoms with van der Waals surface area (Å²) in [5.41, 5.74) is 1.03. The highest BCUT2D eigenvalue weighted by Gasteiger charge is 1.98. The standard InChI is InChI=1S/C16H27ClN4O.HI/c1-3-5-10-22-11-6-9-19-16(18-4-2)21-13-14-7-8-15(17)20-12-14;/h7-8,12H,3-6,9-11,13H2,1-2H3,(H2,18,19,21);1H. The Hall–Kier alpha value is -0.600. The van der Waals surface area contributed by atoms with Crippen LogP contribution < -0.4 is 10.6 Å². The van der Waals surface area contributed by atoms with E-state index in [-0.39, 0.29) is 24.0 Å². The van der Waals surface area contributed by atoms with Crippen LogP contribution in [0.1, 0.15) is 38.7 Å². The molecule has 132 valence electrons. The van der Waals surface area contributed by atoms with Crippen molar-refractivity contribution in [1.82, 2.24) is 15.6 Å². The maximum absolute atomic E-state index is 5.77. The summed E-state index contributed by atoms with van der Waals surface area (Å²) in [5, 5.41) is 7.03. The van der Waals surface area contributed by atoms with Crippen molar-refractivity contribution in [3.8, 4) is 0 Å². The van der Waals surface area contributed by atoms with Gasteiger partial charge in [-0.2, -0.15) is 0 Å². The van der Waals surface area contributed by atoms with Gasteiger partial charge in [0.15, 0.2) is 5.96 Å². The molecule has 0 bridgehead atoms. The smallest absolute Gasteiger partial charge is 0.191 e. The molecule has 0 atom stereocenters. The molecule has 0 aliphatic carbocycles. The molecule has 1 rings (SSSR count). The third-order valence-electron chi connectivity index (χ3n) is 2.95. The average Bonchev–Trinajstić information content (AvgIpc) is 2.53. The fraction of sp³-hybridized carbons (Fsp3) is 0.625. The Morgan fingerprint density at radius 2 is 2.00 bits per heavy atom. The minimum atomic E-state index is 0. The van der Waals surface area contributed by atoms with Crippen molar-refractivity contribution in [1.29, 1.82) is 0 Å². The van der Waals surface area contributed by atoms with E-state index >= 15 is 0 Å². The maximum Gasteiger partial charge on any atom is 0.191 e. The molecular formula is C16H28ClIN4O. The van der Waals surface area contributed by atoms with Gasteiger partial charge in [-0.3, -0.25) is 0 Å². The Bertz CT molecular complexity index is 429. The first kappa shape index (κ1) is 22.4. The minimum Gasteiger partial charge on any atom is -0.381 e. The molecule has 1 aromatic rings. The van der Waals surface area contributed by atoms with Gasteiger partial charge in [0.05, 0.1) is 6.54 Å². The van der Waals surface area contributed by atoms with Crippen LogP contribution in [0.25, 0.3) is 0 Å². The van der Waals surface area contributed by atoms with Gasteiger partial charge in [-0.15, -0.1) is 24.0 Å². The van der Waals surface area contributed by atoms with Crippen molar-refractivity contribution >= 4 is 41.5 Å². The van der Waals surface area contributed by atoms with E-state index in [0.29, 0.717) is 11.7 Å². The normalized spacial score (nSPS) is 11.0. The number of nitrogens with zero attached hydrogens (tertiary/aromatic N) is 2. The topological polar surface area (TPSA) is 58.5 Å². The number of rotatable bonds is 10. The lowest BCUT2D eigenvalue weighted by Gasteiger charge is -2.11. The predicted molar refractivity (Wildman–Crippen MR) is 108 cm³/mol. The van der Waals surface area contributed by atoms with Gasteiger partial charge in [0.1, 0.15) is 5.15 Å². The summed E-state index contributed by atoms with van der Waals surface area (Å²) < 4.78 is 5.54. The molecule has 1 aromatic heterocycles. The van der Waals surface area contributed by atoms with Crippen molar-refractivity contribution in [3.63, 3.8) is 0 Å². The van der Waals surface area contributed by atoms with Crippen LogP contribution in [0.4, 0.5) is 0 Å². The molecule has 0 saturated heterocycles. The van der Waals surface area contributed by atoms with Crippen molar-refractivity contribution < 1.29 is 4.74 Å². The number of aromatic nitrogens is 1. The van der Waals surface area contributed by atoms with Crippen LogP contribution in [-0.2, 0) is 11.3 Å². The summed E-state index contributed by atoms with van der Waals surface area (Å²) in [5.74, 6) is 0.811. The molecule has 0 aliphatic heterocycles. The van der Waals surface area contributed by atoms with E-state index in [1.165, 1.54) is 6.42 Å². The van der Waals surface area contributed by atoms with Crippen LogP contribution in [0, 0.1) is 0 Å². The molecule has 0 aromatic carbocycles. The first-order chi connectivity index (χ1) is 10.8. The largest absolute Gasteiger partial charge is 0.381 e. The third-order valence-corrected chi connectivity index (χ3v) is 3.18. The molecule has 0 fully saturated rings. The number of aliphatic imine (C=N–C) groups is 1. The van der Waals surface area contributed by atoms with Crippen LogP contribution in [0.5, 0.6) is 0 Å². The van der Waals surface area contributed by atoms with Crippen LogP contribution in [-0.4, -0.2) is 37.2 Å². The van der Waals surface area contributed by atoms with E-state index in [2.05, 4.69) is 34.5 Å². The lowest BCUT2D eigenvalue weighted by Crippen LogP contribution is -2.38. The Labute approximate surface area is 161 Å². The zero-order chi connectivity index (χ0) is 16.0. The second kappa shape index (κ2) is 15.0. The van der Waals surface area contributed by atoms with E-state index in [1.54, 1.807) is 12.3 Å². The van der Waals surface area contributed by atoms with Crippen LogP contribution in [0.2, 0.25) is 5.15 Å². The Kier molecular flexibility index (Phi) is 14.6. The Balaban J connectivity index is 0.00000484. The first-order valence-electron chi connectivity index (χ1n) is 7.96. The van der Waals surface area contributed by atoms with Gasteiger partial charge >= 0.3 is 0 Å². The molecule has 0 aliphatic rings. The van der Waals surface area contributed by atoms with Crippen molar-refractivity contribution in [3.05, 3.63) is 29.0 Å². The van der Waals surface area contributed by atoms with Crippen molar-refractivity contribution in [2.24, 2.45) is 4.99 Å². The van der Waals surface area contributed by atoms with Crippen LogP contribution >= 0.6 is 35.6 Å². The number of nitrogens with one attached hydrogen (secondary N) is 2. The predicted octanol–water partition coefficient (Wildman–Crippen LogP) is 3.61. The lowest BCUT2D eigenvalue weighted by molar-refractivity contribution is 0.129. The van der Waals surface area contributed by atoms with E-state index < -0.39 is 0 Å². The number of unbranched alkanes of at least 4 members (excludes halogenated alkanes) is 1. The van der Waals surface area contributed by atoms with Crippen LogP contribution in [0.15, 0.2) is 23.3 Å². The summed E-state index contributed by atoms with van der Waals surface area (Å²) in [7, 11) is 0. The fourth-order valence-corrected chi connectivity index (χ4v) is 1.85. The summed E-state index contributed by atoms with van der Waals surface area (Å²) >= 11 is 5.77. The lowest BCUT2D eigenvalue weighted by atomic mass is 10.3. The fourth-order valence-electron chi connectivity index (χ4n) is 1.74. The highest BCUT2D eigenvalue weighted by Crippen LogP contribution is 2.05. The maximum atomic E-state index is 5.77. The van der Waals surface area contributed by atoms with E-state index in [1.807, 2.05) is 6.07 Å². The molecule has 0 unspecified atom stereocenters. The number of guanidine groups is 1. The molecule has 1 heterocycles. The molecule has 0 radical (unpaired) electrons. The summed E-state index contributed by atoms with van der Waals surface area (Å²) in [6.45, 7) is 8.11. The number of ether oxygens (including phenoxy) is 1. The summed E-state index contributed by atoms with van der Waals surface area (Å²) in [4.78, 5) is 8.58. The zero-order valence-corrected chi connectivity index (χ0v) is 17.1. The minimum absolute atomic E-state index is 0. The second-order valence-electron chi connectivity index (χ2n) is 4.93. The molecule has 0 amide bonds. The van der Waals surface area contributed by atoms with Gasteiger partial charge in [-0.1, -0.05) is 31.0 Å². The molecular weight excluding hydrogens is 427 g/mol. The van der Waals surface area contributed by atoms with E-state index in [9.17, 15) is 0 Å². The van der Waals surface area contributed by atoms with Gasteiger partial charge < -0.3 is 15.4 Å². The Morgan fingerprint density at radius 1 is 1.22 bits per heavy atom. The molecule has 7 heteroatoms. The van der Waals surface area contributed by atoms with Gasteiger partial charge in [-0.25, -0.2) is 9.98 Å². The van der Waals surface area contributed by atoms with E-state index in [4.69, 9.17) is 16.3 Å². The molecule has 2 N–H and O–H groups in total. The third kappa shape index (κ3) is 11.6. The van der Waals surface area contributed by atoms with Gasteiger partial charge in [0, 0.05) is 32.5 Å². The van der Waals surface area contributed by atoms with E-state index in [0.717, 1.165) is 50.7 Å². The molecule has 23 heavy (non-hydrogen) atoms. The van der Waals surface area contributed by atoms with Crippen molar-refractivity contribution in [2.75, 3.05) is 26.3 Å². The summed E-state index contributed by atoms with van der Waals surface area (Å²) in [6.07, 6.45) is 5.02. The van der Waals surface area contributed by atoms with Crippen LogP contribution in [0.3, 0.4) is 0 Å². The zero-order valence-electron chi connectivity index (χ0n) is 14.0. The monoisotopic (exact) mass is 454 g/mol. The number of pyridine rings is 1. The first-order valence-corrected chi connectivity index (χ1v) is 8.34. The van der Waals surface area contributed by atoms with Gasteiger partial charge in [0.2, 0.25) is 0 Å². The number of halogens is 2. The number of hydrogen-bond acceptors (Lipinski definition) is 3. The number of hydrogen-bond donors (Lipinski definition) is 2. The SMILES string of the molecule is CCCCOCCCNC(=NCc1ccc(Cl)nc1)NCC.I. The Morgan fingerprint density at radius 3 is 2.65 bits per heavy atom. The van der Waals surface area contributed by atoms with Crippen molar-refractivity contribution in [2.45, 2.75) is 39.7 Å². The van der Waals surface area contributed by atoms with Gasteiger partial charge in [0.25, 0.3) is 0 Å². The highest BCUT2D eigenvalue weighted by atomic mass is 127. The highest BCUT2D eigenvalue weighted by molar-refractivity contribution is 14.0. The second-order valence-corrected chi connectivity index (χ2v) is 5.32. The summed E-state index contributed by atoms with van der Waals surface area (Å²) in [6, 6.07) is 3.71. The molecule has 0 spiro atoms. The molecule has 0 saturated carbocycles. The molecule has 5 nitrogen and oxygen atoms in total. The quantitative estimate of drug-likeness (QED) is 0.186.